The molecule has 1 atom stereocenters. The van der Waals surface area contributed by atoms with Crippen molar-refractivity contribution in [3.8, 4) is 0 Å². The number of nitrogens with zero attached hydrogens (tertiary/aromatic N) is 2. The van der Waals surface area contributed by atoms with E-state index in [-0.39, 0.29) is 0 Å². The highest BCUT2D eigenvalue weighted by Crippen LogP contribution is 2.48. The summed E-state index contributed by atoms with van der Waals surface area (Å²) in [6.07, 6.45) is 7.67. The van der Waals surface area contributed by atoms with Crippen LogP contribution in [0.25, 0.3) is 0 Å². The molecular formula is C12H21N3. The summed E-state index contributed by atoms with van der Waals surface area (Å²) in [5.41, 5.74) is 0.516. The molecular weight excluding hydrogens is 186 g/mol. The highest BCUT2D eigenvalue weighted by molar-refractivity contribution is 5.04. The van der Waals surface area contributed by atoms with Crippen LogP contribution in [0.15, 0.2) is 12.4 Å². The van der Waals surface area contributed by atoms with Gasteiger partial charge < -0.3 is 9.88 Å². The second-order valence-electron chi connectivity index (χ2n) is 4.92. The van der Waals surface area contributed by atoms with Crippen molar-refractivity contribution in [3.05, 3.63) is 18.2 Å². The lowest BCUT2D eigenvalue weighted by molar-refractivity contribution is 0.353. The SMILES string of the molecule is CCNC(Cc1nccn1C)C1(C)CC1. The average Bonchev–Trinajstić information content (AvgIpc) is 2.82. The first-order chi connectivity index (χ1) is 7.15. The van der Waals surface area contributed by atoms with Crippen molar-refractivity contribution >= 4 is 0 Å². The standard InChI is InChI=1S/C12H21N3/c1-4-13-10(12(2)5-6-12)9-11-14-7-8-15(11)3/h7-8,10,13H,4-6,9H2,1-3H3. The molecule has 0 aromatic carbocycles. The first-order valence-electron chi connectivity index (χ1n) is 5.85. The molecule has 1 aliphatic carbocycles. The van der Waals surface area contributed by atoms with Crippen molar-refractivity contribution in [1.29, 1.82) is 0 Å². The predicted molar refractivity (Wildman–Crippen MR) is 61.7 cm³/mol. The molecule has 0 saturated heterocycles. The highest BCUT2D eigenvalue weighted by atomic mass is 15.0. The van der Waals surface area contributed by atoms with E-state index in [2.05, 4.69) is 35.8 Å². The molecule has 15 heavy (non-hydrogen) atoms. The molecule has 0 aliphatic heterocycles. The van der Waals surface area contributed by atoms with E-state index < -0.39 is 0 Å². The molecule has 0 amide bonds. The molecule has 1 aromatic heterocycles. The molecule has 0 spiro atoms. The van der Waals surface area contributed by atoms with Gasteiger partial charge in [-0.05, 0) is 24.8 Å². The molecule has 84 valence electrons. The first-order valence-corrected chi connectivity index (χ1v) is 5.85. The van der Waals surface area contributed by atoms with Crippen LogP contribution in [0, 0.1) is 5.41 Å². The Morgan fingerprint density at radius 3 is 2.80 bits per heavy atom. The van der Waals surface area contributed by atoms with Gasteiger partial charge in [0, 0.05) is 31.9 Å². The van der Waals surface area contributed by atoms with Gasteiger partial charge in [0.15, 0.2) is 0 Å². The fourth-order valence-corrected chi connectivity index (χ4v) is 2.13. The second kappa shape index (κ2) is 3.97. The first kappa shape index (κ1) is 10.7. The van der Waals surface area contributed by atoms with Gasteiger partial charge in [-0.25, -0.2) is 4.98 Å². The quantitative estimate of drug-likeness (QED) is 0.797. The summed E-state index contributed by atoms with van der Waals surface area (Å²) in [4.78, 5) is 4.40. The molecule has 0 bridgehead atoms. The summed E-state index contributed by atoms with van der Waals surface area (Å²) in [6, 6.07) is 0.587. The van der Waals surface area contributed by atoms with Crippen LogP contribution in [0.3, 0.4) is 0 Å². The summed E-state index contributed by atoms with van der Waals surface area (Å²) in [7, 11) is 2.07. The van der Waals surface area contributed by atoms with Crippen LogP contribution in [0.2, 0.25) is 0 Å². The third-order valence-electron chi connectivity index (χ3n) is 3.64. The second-order valence-corrected chi connectivity index (χ2v) is 4.92. The van der Waals surface area contributed by atoms with Gasteiger partial charge in [0.1, 0.15) is 5.82 Å². The molecule has 1 saturated carbocycles. The number of aromatic nitrogens is 2. The Morgan fingerprint density at radius 2 is 2.33 bits per heavy atom. The van der Waals surface area contributed by atoms with Crippen LogP contribution in [0.1, 0.15) is 32.5 Å². The van der Waals surface area contributed by atoms with Gasteiger partial charge >= 0.3 is 0 Å². The van der Waals surface area contributed by atoms with E-state index in [9.17, 15) is 0 Å². The Kier molecular flexibility index (Phi) is 2.83. The Hall–Kier alpha value is -0.830. The van der Waals surface area contributed by atoms with Crippen molar-refractivity contribution in [1.82, 2.24) is 14.9 Å². The van der Waals surface area contributed by atoms with E-state index in [1.807, 2.05) is 12.4 Å². The molecule has 1 unspecified atom stereocenters. The lowest BCUT2D eigenvalue weighted by Gasteiger charge is -2.24. The summed E-state index contributed by atoms with van der Waals surface area (Å²) >= 11 is 0. The molecule has 1 heterocycles. The minimum atomic E-state index is 0.516. The number of imidazole rings is 1. The Bertz CT molecular complexity index is 325. The number of hydrogen-bond donors (Lipinski definition) is 1. The Morgan fingerprint density at radius 1 is 1.60 bits per heavy atom. The van der Waals surface area contributed by atoms with Crippen molar-refractivity contribution < 1.29 is 0 Å². The lowest BCUT2D eigenvalue weighted by Crippen LogP contribution is -2.38. The average molecular weight is 207 g/mol. The van der Waals surface area contributed by atoms with Gasteiger partial charge in [-0.3, -0.25) is 0 Å². The predicted octanol–water partition coefficient (Wildman–Crippen LogP) is 1.74. The van der Waals surface area contributed by atoms with E-state index >= 15 is 0 Å². The fraction of sp³-hybridized carbons (Fsp3) is 0.750. The normalized spacial score (nSPS) is 20.2. The van der Waals surface area contributed by atoms with Crippen LogP contribution in [0.4, 0.5) is 0 Å². The molecule has 1 aromatic rings. The van der Waals surface area contributed by atoms with E-state index in [0.29, 0.717) is 11.5 Å². The van der Waals surface area contributed by atoms with Gasteiger partial charge in [0.25, 0.3) is 0 Å². The molecule has 1 aliphatic rings. The number of hydrogen-bond acceptors (Lipinski definition) is 2. The maximum Gasteiger partial charge on any atom is 0.109 e. The molecule has 3 nitrogen and oxygen atoms in total. The molecule has 3 heteroatoms. The van der Waals surface area contributed by atoms with E-state index in [1.165, 1.54) is 18.7 Å². The number of likely N-dealkylation sites (N-methyl/N-ethyl adjacent to an activating group) is 1. The smallest absolute Gasteiger partial charge is 0.109 e. The van der Waals surface area contributed by atoms with Gasteiger partial charge in [0.05, 0.1) is 0 Å². The van der Waals surface area contributed by atoms with Crippen molar-refractivity contribution in [3.63, 3.8) is 0 Å². The van der Waals surface area contributed by atoms with Gasteiger partial charge in [-0.15, -0.1) is 0 Å². The molecule has 0 radical (unpaired) electrons. The lowest BCUT2D eigenvalue weighted by atomic mass is 9.95. The van der Waals surface area contributed by atoms with Crippen LogP contribution in [-0.2, 0) is 13.5 Å². The van der Waals surface area contributed by atoms with E-state index in [4.69, 9.17) is 0 Å². The van der Waals surface area contributed by atoms with Gasteiger partial charge in [0.2, 0.25) is 0 Å². The zero-order chi connectivity index (χ0) is 10.9. The molecule has 2 rings (SSSR count). The minimum Gasteiger partial charge on any atom is -0.338 e. The summed E-state index contributed by atoms with van der Waals surface area (Å²) in [5, 5.41) is 3.60. The van der Waals surface area contributed by atoms with Crippen molar-refractivity contribution in [2.24, 2.45) is 12.5 Å². The van der Waals surface area contributed by atoms with Crippen LogP contribution < -0.4 is 5.32 Å². The maximum atomic E-state index is 4.40. The Balaban J connectivity index is 2.04. The van der Waals surface area contributed by atoms with Crippen LogP contribution in [-0.4, -0.2) is 22.1 Å². The summed E-state index contributed by atoms with van der Waals surface area (Å²) in [5.74, 6) is 1.19. The van der Waals surface area contributed by atoms with Crippen molar-refractivity contribution in [2.75, 3.05) is 6.54 Å². The summed E-state index contributed by atoms with van der Waals surface area (Å²) < 4.78 is 2.12. The zero-order valence-electron chi connectivity index (χ0n) is 9.95. The maximum absolute atomic E-state index is 4.40. The fourth-order valence-electron chi connectivity index (χ4n) is 2.13. The third-order valence-corrected chi connectivity index (χ3v) is 3.64. The summed E-state index contributed by atoms with van der Waals surface area (Å²) in [6.45, 7) is 5.60. The largest absolute Gasteiger partial charge is 0.338 e. The minimum absolute atomic E-state index is 0.516. The highest BCUT2D eigenvalue weighted by Gasteiger charge is 2.44. The topological polar surface area (TPSA) is 29.9 Å². The molecule has 1 fully saturated rings. The van der Waals surface area contributed by atoms with E-state index in [0.717, 1.165) is 13.0 Å². The molecule has 1 N–H and O–H groups in total. The van der Waals surface area contributed by atoms with Crippen LogP contribution >= 0.6 is 0 Å². The Labute approximate surface area is 91.9 Å². The number of nitrogens with one attached hydrogen (secondary N) is 1. The number of aryl methyl sites for hydroxylation is 1. The number of rotatable bonds is 5. The van der Waals surface area contributed by atoms with Crippen molar-refractivity contribution in [2.45, 2.75) is 39.2 Å². The van der Waals surface area contributed by atoms with Gasteiger partial charge in [-0.2, -0.15) is 0 Å². The zero-order valence-corrected chi connectivity index (χ0v) is 9.95. The third kappa shape index (κ3) is 2.23. The van der Waals surface area contributed by atoms with Crippen LogP contribution in [0.5, 0.6) is 0 Å². The van der Waals surface area contributed by atoms with Gasteiger partial charge in [-0.1, -0.05) is 13.8 Å². The van der Waals surface area contributed by atoms with E-state index in [1.54, 1.807) is 0 Å². The monoisotopic (exact) mass is 207 g/mol.